The number of hydrogen-bond acceptors (Lipinski definition) is 2. The second-order valence-electron chi connectivity index (χ2n) is 3.30. The molecule has 1 aromatic carbocycles. The zero-order valence-corrected chi connectivity index (χ0v) is 8.75. The number of carbonyl (C=O) groups excluding carboxylic acids is 1. The van der Waals surface area contributed by atoms with E-state index >= 15 is 0 Å². The second-order valence-corrected chi connectivity index (χ2v) is 3.30. The molecule has 0 heterocycles. The lowest BCUT2D eigenvalue weighted by molar-refractivity contribution is 0.0891. The molecule has 0 atom stereocenters. The number of amides is 1. The van der Waals surface area contributed by atoms with Gasteiger partial charge in [0.15, 0.2) is 0 Å². The van der Waals surface area contributed by atoms with Gasteiger partial charge in [0.05, 0.1) is 6.54 Å². The number of hydrogen-bond donors (Lipinski definition) is 2. The Morgan fingerprint density at radius 3 is 2.69 bits per heavy atom. The Morgan fingerprint density at radius 1 is 1.38 bits per heavy atom. The highest BCUT2D eigenvalue weighted by Gasteiger charge is 2.11. The second kappa shape index (κ2) is 6.17. The van der Waals surface area contributed by atoms with Gasteiger partial charge in [0, 0.05) is 5.56 Å². The number of benzene rings is 1. The van der Waals surface area contributed by atoms with Crippen LogP contribution in [0.15, 0.2) is 24.3 Å². The first-order chi connectivity index (χ1) is 7.65. The van der Waals surface area contributed by atoms with E-state index in [0.717, 1.165) is 5.56 Å². The highest BCUT2D eigenvalue weighted by molar-refractivity contribution is 5.95. The number of halogens is 2. The average molecular weight is 228 g/mol. The largest absolute Gasteiger partial charge is 0.346 e. The van der Waals surface area contributed by atoms with Crippen LogP contribution >= 0.6 is 0 Å². The summed E-state index contributed by atoms with van der Waals surface area (Å²) in [6, 6.07) is 6.85. The Morgan fingerprint density at radius 2 is 2.06 bits per heavy atom. The highest BCUT2D eigenvalue weighted by atomic mass is 19.3. The van der Waals surface area contributed by atoms with E-state index in [-0.39, 0.29) is 0 Å². The van der Waals surface area contributed by atoms with Gasteiger partial charge in [-0.2, -0.15) is 0 Å². The Hall–Kier alpha value is -1.49. The van der Waals surface area contributed by atoms with Gasteiger partial charge in [-0.1, -0.05) is 18.2 Å². The molecule has 88 valence electrons. The summed E-state index contributed by atoms with van der Waals surface area (Å²) in [6.45, 7) is -0.213. The molecule has 0 radical (unpaired) electrons. The maximum absolute atomic E-state index is 11.9. The molecule has 5 heteroatoms. The van der Waals surface area contributed by atoms with Crippen molar-refractivity contribution in [2.24, 2.45) is 5.73 Å². The molecule has 1 aromatic rings. The lowest BCUT2D eigenvalue weighted by Crippen LogP contribution is -2.29. The third-order valence-electron chi connectivity index (χ3n) is 2.09. The quantitative estimate of drug-likeness (QED) is 0.795. The van der Waals surface area contributed by atoms with Crippen LogP contribution in [-0.2, 0) is 6.42 Å². The minimum Gasteiger partial charge on any atom is -0.346 e. The summed E-state index contributed by atoms with van der Waals surface area (Å²) in [5.41, 5.74) is 6.59. The Bertz CT molecular complexity index is 356. The molecule has 0 fully saturated rings. The van der Waals surface area contributed by atoms with Gasteiger partial charge < -0.3 is 11.1 Å². The van der Waals surface area contributed by atoms with Crippen LogP contribution in [0.1, 0.15) is 15.9 Å². The van der Waals surface area contributed by atoms with Gasteiger partial charge in [0.25, 0.3) is 12.3 Å². The van der Waals surface area contributed by atoms with Crippen LogP contribution in [-0.4, -0.2) is 25.4 Å². The Labute approximate surface area is 92.6 Å². The van der Waals surface area contributed by atoms with Gasteiger partial charge >= 0.3 is 0 Å². The first-order valence-electron chi connectivity index (χ1n) is 4.99. The van der Waals surface area contributed by atoms with Crippen molar-refractivity contribution in [3.05, 3.63) is 35.4 Å². The fourth-order valence-corrected chi connectivity index (χ4v) is 1.38. The number of rotatable bonds is 5. The van der Waals surface area contributed by atoms with E-state index in [9.17, 15) is 13.6 Å². The van der Waals surface area contributed by atoms with E-state index in [1.807, 2.05) is 0 Å². The minimum absolute atomic E-state index is 0.411. The normalized spacial score (nSPS) is 10.5. The van der Waals surface area contributed by atoms with Gasteiger partial charge in [-0.3, -0.25) is 4.79 Å². The van der Waals surface area contributed by atoms with Crippen LogP contribution in [0.4, 0.5) is 8.78 Å². The molecule has 0 aromatic heterocycles. The third-order valence-corrected chi connectivity index (χ3v) is 2.09. The van der Waals surface area contributed by atoms with Crippen LogP contribution in [0.3, 0.4) is 0 Å². The number of alkyl halides is 2. The lowest BCUT2D eigenvalue weighted by Gasteiger charge is -2.08. The summed E-state index contributed by atoms with van der Waals surface area (Å²) in [6.07, 6.45) is -1.98. The van der Waals surface area contributed by atoms with E-state index in [4.69, 9.17) is 5.73 Å². The van der Waals surface area contributed by atoms with E-state index in [1.165, 1.54) is 0 Å². The van der Waals surface area contributed by atoms with Gasteiger partial charge in [0.1, 0.15) is 0 Å². The average Bonchev–Trinajstić information content (AvgIpc) is 2.27. The molecule has 0 aliphatic heterocycles. The molecule has 0 aliphatic rings. The summed E-state index contributed by atoms with van der Waals surface area (Å²) in [5, 5.41) is 2.17. The van der Waals surface area contributed by atoms with Crippen molar-refractivity contribution in [1.29, 1.82) is 0 Å². The maximum atomic E-state index is 11.9. The molecular formula is C11H14F2N2O. The van der Waals surface area contributed by atoms with Crippen LogP contribution in [0.2, 0.25) is 0 Å². The number of carbonyl (C=O) groups is 1. The zero-order valence-electron chi connectivity index (χ0n) is 8.75. The van der Waals surface area contributed by atoms with Crippen molar-refractivity contribution < 1.29 is 13.6 Å². The van der Waals surface area contributed by atoms with Gasteiger partial charge in [-0.15, -0.1) is 0 Å². The number of nitrogens with one attached hydrogen (secondary N) is 1. The summed E-state index contributed by atoms with van der Waals surface area (Å²) >= 11 is 0. The van der Waals surface area contributed by atoms with E-state index < -0.39 is 18.9 Å². The van der Waals surface area contributed by atoms with E-state index in [0.29, 0.717) is 18.5 Å². The van der Waals surface area contributed by atoms with Crippen molar-refractivity contribution in [1.82, 2.24) is 5.32 Å². The third kappa shape index (κ3) is 3.58. The molecule has 16 heavy (non-hydrogen) atoms. The summed E-state index contributed by atoms with van der Waals surface area (Å²) in [5.74, 6) is -0.482. The van der Waals surface area contributed by atoms with Crippen LogP contribution < -0.4 is 11.1 Å². The summed E-state index contributed by atoms with van der Waals surface area (Å²) in [4.78, 5) is 11.6. The fourth-order valence-electron chi connectivity index (χ4n) is 1.38. The Balaban J connectivity index is 2.73. The highest BCUT2D eigenvalue weighted by Crippen LogP contribution is 2.09. The molecule has 1 amide bonds. The van der Waals surface area contributed by atoms with Crippen molar-refractivity contribution in [3.8, 4) is 0 Å². The van der Waals surface area contributed by atoms with Crippen molar-refractivity contribution in [2.45, 2.75) is 12.8 Å². The van der Waals surface area contributed by atoms with Crippen molar-refractivity contribution in [2.75, 3.05) is 13.1 Å². The SMILES string of the molecule is NCCc1ccccc1C(=O)NCC(F)F. The smallest absolute Gasteiger partial charge is 0.255 e. The standard InChI is InChI=1S/C11H14F2N2O/c12-10(13)7-15-11(16)9-4-2-1-3-8(9)5-6-14/h1-4,10H,5-7,14H2,(H,15,16). The fraction of sp³-hybridized carbons (Fsp3) is 0.364. The van der Waals surface area contributed by atoms with Gasteiger partial charge in [-0.05, 0) is 24.6 Å². The molecule has 0 unspecified atom stereocenters. The molecule has 0 bridgehead atoms. The molecule has 3 N–H and O–H groups in total. The van der Waals surface area contributed by atoms with E-state index in [1.54, 1.807) is 24.3 Å². The predicted molar refractivity (Wildman–Crippen MR) is 57.5 cm³/mol. The van der Waals surface area contributed by atoms with Crippen molar-refractivity contribution >= 4 is 5.91 Å². The maximum Gasteiger partial charge on any atom is 0.255 e. The monoisotopic (exact) mass is 228 g/mol. The molecule has 0 spiro atoms. The summed E-state index contributed by atoms with van der Waals surface area (Å²) in [7, 11) is 0. The first-order valence-corrected chi connectivity index (χ1v) is 4.99. The predicted octanol–water partition coefficient (Wildman–Crippen LogP) is 1.18. The Kier molecular flexibility index (Phi) is 4.85. The minimum atomic E-state index is -2.54. The van der Waals surface area contributed by atoms with Gasteiger partial charge in [-0.25, -0.2) is 8.78 Å². The molecule has 0 aliphatic carbocycles. The first kappa shape index (κ1) is 12.6. The topological polar surface area (TPSA) is 55.1 Å². The molecule has 0 saturated heterocycles. The molecule has 1 rings (SSSR count). The summed E-state index contributed by atoms with van der Waals surface area (Å²) < 4.78 is 23.8. The van der Waals surface area contributed by atoms with Gasteiger partial charge in [0.2, 0.25) is 0 Å². The number of nitrogens with two attached hydrogens (primary N) is 1. The molecular weight excluding hydrogens is 214 g/mol. The zero-order chi connectivity index (χ0) is 12.0. The van der Waals surface area contributed by atoms with E-state index in [2.05, 4.69) is 5.32 Å². The van der Waals surface area contributed by atoms with Crippen LogP contribution in [0.5, 0.6) is 0 Å². The molecule has 3 nitrogen and oxygen atoms in total. The lowest BCUT2D eigenvalue weighted by atomic mass is 10.0. The van der Waals surface area contributed by atoms with Crippen LogP contribution in [0, 0.1) is 0 Å². The van der Waals surface area contributed by atoms with Crippen molar-refractivity contribution in [3.63, 3.8) is 0 Å². The molecule has 0 saturated carbocycles. The van der Waals surface area contributed by atoms with Crippen LogP contribution in [0.25, 0.3) is 0 Å².